The van der Waals surface area contributed by atoms with Crippen LogP contribution in [0, 0.1) is 0 Å². The van der Waals surface area contributed by atoms with Gasteiger partial charge >= 0.3 is 0 Å². The highest BCUT2D eigenvalue weighted by atomic mass is 79.9. The maximum absolute atomic E-state index is 7.00. The molecule has 0 spiro atoms. The fraction of sp³-hybridized carbons (Fsp3) is 1.00. The Labute approximate surface area is 55.9 Å². The molecular formula is C4H14BrNO. The minimum atomic E-state index is 0. The van der Waals surface area contributed by atoms with E-state index < -0.39 is 0 Å². The molecule has 0 saturated heterocycles. The van der Waals surface area contributed by atoms with Crippen molar-refractivity contribution in [3.8, 4) is 0 Å². The Morgan fingerprint density at radius 2 is 1.00 bits per heavy atom. The van der Waals surface area contributed by atoms with E-state index in [0.717, 1.165) is 7.11 Å². The van der Waals surface area contributed by atoms with Gasteiger partial charge in [0.25, 0.3) is 0 Å². The Morgan fingerprint density at radius 1 is 1.00 bits per heavy atom. The quantitative estimate of drug-likeness (QED) is 0.570. The Bertz CT molecular complexity index is 16.4. The minimum absolute atomic E-state index is 0. The van der Waals surface area contributed by atoms with Crippen LogP contribution >= 0.6 is 17.0 Å². The number of hydrogen-bond acceptors (Lipinski definition) is 2. The van der Waals surface area contributed by atoms with E-state index in [-0.39, 0.29) is 17.0 Å². The van der Waals surface area contributed by atoms with Gasteiger partial charge in [-0.25, -0.2) is 0 Å². The van der Waals surface area contributed by atoms with E-state index in [9.17, 15) is 0 Å². The zero-order valence-corrected chi connectivity index (χ0v) is 7.02. The Morgan fingerprint density at radius 3 is 1.00 bits per heavy atom. The molecule has 0 bridgehead atoms. The van der Waals surface area contributed by atoms with E-state index in [1.807, 2.05) is 26.0 Å². The zero-order chi connectivity index (χ0) is 5.58. The number of aliphatic hydroxyl groups is 1. The summed E-state index contributed by atoms with van der Waals surface area (Å²) < 4.78 is 0. The van der Waals surface area contributed by atoms with Crippen LogP contribution < -0.4 is 0 Å². The van der Waals surface area contributed by atoms with Crippen molar-refractivity contribution in [2.45, 2.75) is 0 Å². The molecule has 0 amide bonds. The van der Waals surface area contributed by atoms with Crippen LogP contribution in [0.2, 0.25) is 0 Å². The molecule has 0 aliphatic heterocycles. The Hall–Kier alpha value is 0.400. The van der Waals surface area contributed by atoms with Gasteiger partial charge < -0.3 is 10.0 Å². The van der Waals surface area contributed by atoms with Crippen molar-refractivity contribution < 1.29 is 5.11 Å². The summed E-state index contributed by atoms with van der Waals surface area (Å²) >= 11 is 0. The summed E-state index contributed by atoms with van der Waals surface area (Å²) in [6, 6.07) is 0. The molecular weight excluding hydrogens is 158 g/mol. The molecule has 0 radical (unpaired) electrons. The van der Waals surface area contributed by atoms with Crippen molar-refractivity contribution in [3.63, 3.8) is 0 Å². The van der Waals surface area contributed by atoms with E-state index in [4.69, 9.17) is 5.11 Å². The number of aliphatic hydroxyl groups excluding tert-OH is 1. The minimum Gasteiger partial charge on any atom is -0.400 e. The summed E-state index contributed by atoms with van der Waals surface area (Å²) in [7, 11) is 7.00. The van der Waals surface area contributed by atoms with E-state index >= 15 is 0 Å². The first-order valence-electron chi connectivity index (χ1n) is 1.79. The Balaban J connectivity index is -0.0000000480. The molecule has 0 aromatic heterocycles. The highest BCUT2D eigenvalue weighted by molar-refractivity contribution is 8.93. The topological polar surface area (TPSA) is 23.5 Å². The van der Waals surface area contributed by atoms with E-state index in [1.165, 1.54) is 0 Å². The smallest absolute Gasteiger partial charge is 0.0319 e. The highest BCUT2D eigenvalue weighted by Crippen LogP contribution is 1.47. The third-order valence-electron chi connectivity index (χ3n) is 0. The highest BCUT2D eigenvalue weighted by Gasteiger charge is 1.58. The first kappa shape index (κ1) is 15.7. The molecule has 0 atom stereocenters. The number of hydrogen-bond donors (Lipinski definition) is 1. The third kappa shape index (κ3) is 774. The molecule has 48 valence electrons. The summed E-state index contributed by atoms with van der Waals surface area (Å²) in [5, 5.41) is 7.00. The van der Waals surface area contributed by atoms with Crippen LogP contribution in [-0.4, -0.2) is 38.3 Å². The average molecular weight is 172 g/mol. The van der Waals surface area contributed by atoms with Gasteiger partial charge in [-0.05, 0) is 21.1 Å². The summed E-state index contributed by atoms with van der Waals surface area (Å²) in [6.45, 7) is 0. The summed E-state index contributed by atoms with van der Waals surface area (Å²) in [5.74, 6) is 0. The third-order valence-corrected chi connectivity index (χ3v) is 0. The summed E-state index contributed by atoms with van der Waals surface area (Å²) in [4.78, 5) is 2.00. The van der Waals surface area contributed by atoms with Crippen molar-refractivity contribution in [2.75, 3.05) is 28.3 Å². The van der Waals surface area contributed by atoms with Gasteiger partial charge in [-0.2, -0.15) is 0 Å². The van der Waals surface area contributed by atoms with E-state index in [0.29, 0.717) is 0 Å². The second-order valence-corrected chi connectivity index (χ2v) is 1.34. The predicted molar refractivity (Wildman–Crippen MR) is 38.1 cm³/mol. The van der Waals surface area contributed by atoms with Crippen LogP contribution in [0.1, 0.15) is 0 Å². The van der Waals surface area contributed by atoms with Crippen molar-refractivity contribution in [3.05, 3.63) is 0 Å². The Kier molecular flexibility index (Phi) is 36.1. The summed E-state index contributed by atoms with van der Waals surface area (Å²) in [5.41, 5.74) is 0. The van der Waals surface area contributed by atoms with Crippen molar-refractivity contribution in [1.29, 1.82) is 0 Å². The SMILES string of the molecule is Br.CN(C)C.CO. The van der Waals surface area contributed by atoms with Crippen LogP contribution in [-0.2, 0) is 0 Å². The standard InChI is InChI=1S/C3H9N.CH4O.BrH/c1-4(2)3;1-2;/h1-3H3;2H,1H3;1H. The second-order valence-electron chi connectivity index (χ2n) is 1.34. The lowest BCUT2D eigenvalue weighted by Gasteiger charge is -1.90. The number of rotatable bonds is 0. The van der Waals surface area contributed by atoms with Gasteiger partial charge in [-0.1, -0.05) is 0 Å². The molecule has 0 aromatic rings. The van der Waals surface area contributed by atoms with Gasteiger partial charge in [0.1, 0.15) is 0 Å². The zero-order valence-electron chi connectivity index (χ0n) is 5.30. The van der Waals surface area contributed by atoms with Crippen LogP contribution in [0.4, 0.5) is 0 Å². The average Bonchev–Trinajstić information content (AvgIpc) is 1.41. The molecule has 1 N–H and O–H groups in total. The number of nitrogens with zero attached hydrogens (tertiary/aromatic N) is 1. The van der Waals surface area contributed by atoms with Crippen molar-refractivity contribution >= 4 is 17.0 Å². The predicted octanol–water partition coefficient (Wildman–Crippen LogP) is 0.364. The van der Waals surface area contributed by atoms with Crippen LogP contribution in [0.3, 0.4) is 0 Å². The second kappa shape index (κ2) is 16.1. The first-order valence-corrected chi connectivity index (χ1v) is 1.79. The number of halogens is 1. The van der Waals surface area contributed by atoms with Crippen molar-refractivity contribution in [2.24, 2.45) is 0 Å². The molecule has 7 heavy (non-hydrogen) atoms. The van der Waals surface area contributed by atoms with Gasteiger partial charge in [0, 0.05) is 7.11 Å². The summed E-state index contributed by atoms with van der Waals surface area (Å²) in [6.07, 6.45) is 0. The van der Waals surface area contributed by atoms with Crippen LogP contribution in [0.5, 0.6) is 0 Å². The lowest BCUT2D eigenvalue weighted by molar-refractivity contribution is 0.399. The molecule has 0 unspecified atom stereocenters. The largest absolute Gasteiger partial charge is 0.400 e. The normalized spacial score (nSPS) is 6.00. The van der Waals surface area contributed by atoms with Gasteiger partial charge in [0.05, 0.1) is 0 Å². The monoisotopic (exact) mass is 171 g/mol. The lowest BCUT2D eigenvalue weighted by atomic mass is 11.0. The molecule has 0 aliphatic carbocycles. The van der Waals surface area contributed by atoms with Crippen LogP contribution in [0.15, 0.2) is 0 Å². The molecule has 0 aromatic carbocycles. The molecule has 0 fully saturated rings. The van der Waals surface area contributed by atoms with Crippen molar-refractivity contribution in [1.82, 2.24) is 4.90 Å². The molecule has 0 aliphatic rings. The van der Waals surface area contributed by atoms with Gasteiger partial charge in [0.2, 0.25) is 0 Å². The van der Waals surface area contributed by atoms with E-state index in [1.54, 1.807) is 0 Å². The fourth-order valence-corrected chi connectivity index (χ4v) is 0. The van der Waals surface area contributed by atoms with Crippen LogP contribution in [0.25, 0.3) is 0 Å². The maximum atomic E-state index is 7.00. The molecule has 0 rings (SSSR count). The van der Waals surface area contributed by atoms with Gasteiger partial charge in [-0.3, -0.25) is 0 Å². The van der Waals surface area contributed by atoms with Gasteiger partial charge in [0.15, 0.2) is 0 Å². The molecule has 0 heterocycles. The van der Waals surface area contributed by atoms with E-state index in [2.05, 4.69) is 0 Å². The first-order chi connectivity index (χ1) is 2.73. The molecule has 3 heteroatoms. The molecule has 2 nitrogen and oxygen atoms in total. The lowest BCUT2D eigenvalue weighted by Crippen LogP contribution is -1.99. The molecule has 0 saturated carbocycles. The maximum Gasteiger partial charge on any atom is 0.0319 e. The van der Waals surface area contributed by atoms with Gasteiger partial charge in [-0.15, -0.1) is 17.0 Å². The fourth-order valence-electron chi connectivity index (χ4n) is 0.